The predicted molar refractivity (Wildman–Crippen MR) is 105 cm³/mol. The summed E-state index contributed by atoms with van der Waals surface area (Å²) in [7, 11) is 0. The highest BCUT2D eigenvalue weighted by Gasteiger charge is 2.55. The smallest absolute Gasteiger partial charge is 0.227 e. The van der Waals surface area contributed by atoms with Crippen LogP contribution in [0.1, 0.15) is 66.2 Å². The fourth-order valence-corrected chi connectivity index (χ4v) is 5.73. The zero-order chi connectivity index (χ0) is 20.0. The van der Waals surface area contributed by atoms with Crippen LogP contribution >= 0.6 is 0 Å². The standard InChI is InChI=1S/C23H32O4/c1-6-27-18-12-17(24)20(25)16(21(18)26)13-23(5)15(3)10-11-22(4)14(2)8-7-9-19(22)23/h12,15,19,25H,2,6-11,13H2,1,3-5H3/t15-,19+,22+,23+/m1/s1. The van der Waals surface area contributed by atoms with Crippen LogP contribution in [-0.2, 0) is 14.3 Å². The first kappa shape index (κ1) is 19.9. The van der Waals surface area contributed by atoms with Crippen molar-refractivity contribution in [2.45, 2.75) is 66.2 Å². The maximum absolute atomic E-state index is 12.9. The summed E-state index contributed by atoms with van der Waals surface area (Å²) in [6, 6.07) is 0. The Bertz CT molecular complexity index is 743. The van der Waals surface area contributed by atoms with Crippen molar-refractivity contribution in [3.63, 3.8) is 0 Å². The number of aliphatic hydroxyl groups excluding tert-OH is 1. The highest BCUT2D eigenvalue weighted by Crippen LogP contribution is 2.63. The van der Waals surface area contributed by atoms with Gasteiger partial charge in [0.15, 0.2) is 11.5 Å². The van der Waals surface area contributed by atoms with Gasteiger partial charge in [0.1, 0.15) is 0 Å². The van der Waals surface area contributed by atoms with Gasteiger partial charge in [-0.3, -0.25) is 9.59 Å². The Hall–Kier alpha value is -1.84. The van der Waals surface area contributed by atoms with Crippen molar-refractivity contribution >= 4 is 11.6 Å². The Morgan fingerprint density at radius 2 is 2.00 bits per heavy atom. The number of carbonyl (C=O) groups excluding carboxylic acids is 2. The van der Waals surface area contributed by atoms with Gasteiger partial charge in [0, 0.05) is 11.6 Å². The van der Waals surface area contributed by atoms with Gasteiger partial charge in [-0.1, -0.05) is 32.9 Å². The monoisotopic (exact) mass is 372 g/mol. The van der Waals surface area contributed by atoms with Gasteiger partial charge >= 0.3 is 0 Å². The van der Waals surface area contributed by atoms with Crippen molar-refractivity contribution in [3.05, 3.63) is 35.3 Å². The lowest BCUT2D eigenvalue weighted by Crippen LogP contribution is -2.50. The summed E-state index contributed by atoms with van der Waals surface area (Å²) in [4.78, 5) is 25.1. The number of hydrogen-bond acceptors (Lipinski definition) is 4. The summed E-state index contributed by atoms with van der Waals surface area (Å²) in [5.74, 6) is -0.442. The summed E-state index contributed by atoms with van der Waals surface area (Å²) >= 11 is 0. The van der Waals surface area contributed by atoms with Crippen LogP contribution in [0.2, 0.25) is 0 Å². The number of ketones is 2. The van der Waals surface area contributed by atoms with Crippen molar-refractivity contribution < 1.29 is 19.4 Å². The highest BCUT2D eigenvalue weighted by molar-refractivity contribution is 6.20. The van der Waals surface area contributed by atoms with E-state index < -0.39 is 11.5 Å². The number of ether oxygens (including phenoxy) is 1. The number of fused-ring (bicyclic) bond motifs is 1. The molecule has 3 aliphatic carbocycles. The lowest BCUT2D eigenvalue weighted by Gasteiger charge is -2.59. The molecule has 0 aromatic rings. The maximum Gasteiger partial charge on any atom is 0.227 e. The second-order valence-corrected chi connectivity index (χ2v) is 9.05. The van der Waals surface area contributed by atoms with Crippen molar-refractivity contribution in [3.8, 4) is 0 Å². The first-order chi connectivity index (χ1) is 12.6. The lowest BCUT2D eigenvalue weighted by atomic mass is 9.46. The van der Waals surface area contributed by atoms with Gasteiger partial charge in [0.25, 0.3) is 0 Å². The van der Waals surface area contributed by atoms with E-state index in [0.717, 1.165) is 38.2 Å². The fourth-order valence-electron chi connectivity index (χ4n) is 5.73. The predicted octanol–water partition coefficient (Wildman–Crippen LogP) is 5.06. The van der Waals surface area contributed by atoms with Gasteiger partial charge in [-0.15, -0.1) is 0 Å². The second-order valence-electron chi connectivity index (χ2n) is 9.05. The number of hydrogen-bond donors (Lipinski definition) is 1. The molecule has 0 radical (unpaired) electrons. The van der Waals surface area contributed by atoms with E-state index in [2.05, 4.69) is 27.4 Å². The molecule has 0 bridgehead atoms. The number of aliphatic hydroxyl groups is 1. The summed E-state index contributed by atoms with van der Waals surface area (Å²) in [6.07, 6.45) is 6.98. The van der Waals surface area contributed by atoms with Gasteiger partial charge in [0.2, 0.25) is 11.6 Å². The molecule has 1 N–H and O–H groups in total. The van der Waals surface area contributed by atoms with Crippen LogP contribution in [0.5, 0.6) is 0 Å². The topological polar surface area (TPSA) is 63.6 Å². The molecular formula is C23H32O4. The van der Waals surface area contributed by atoms with E-state index in [1.807, 2.05) is 0 Å². The minimum absolute atomic E-state index is 0.0539. The molecular weight excluding hydrogens is 340 g/mol. The normalized spacial score (nSPS) is 37.2. The quantitative estimate of drug-likeness (QED) is 0.553. The third kappa shape index (κ3) is 3.07. The molecule has 3 aliphatic rings. The van der Waals surface area contributed by atoms with Crippen LogP contribution in [0.3, 0.4) is 0 Å². The molecule has 0 aromatic carbocycles. The van der Waals surface area contributed by atoms with E-state index in [-0.39, 0.29) is 27.9 Å². The zero-order valence-electron chi connectivity index (χ0n) is 17.1. The Balaban J connectivity index is 1.99. The maximum atomic E-state index is 12.9. The lowest BCUT2D eigenvalue weighted by molar-refractivity contribution is -0.121. The molecule has 148 valence electrons. The molecule has 2 saturated carbocycles. The summed E-state index contributed by atoms with van der Waals surface area (Å²) < 4.78 is 5.37. The molecule has 0 saturated heterocycles. The van der Waals surface area contributed by atoms with Crippen LogP contribution in [0.15, 0.2) is 35.3 Å². The van der Waals surface area contributed by atoms with E-state index in [1.165, 1.54) is 5.57 Å². The van der Waals surface area contributed by atoms with Gasteiger partial charge in [0.05, 0.1) is 6.61 Å². The molecule has 0 aromatic heterocycles. The number of rotatable bonds is 4. The Morgan fingerprint density at radius 3 is 2.67 bits per heavy atom. The third-order valence-electron chi connectivity index (χ3n) is 7.70. The van der Waals surface area contributed by atoms with E-state index in [0.29, 0.717) is 24.9 Å². The van der Waals surface area contributed by atoms with Gasteiger partial charge in [-0.2, -0.15) is 0 Å². The van der Waals surface area contributed by atoms with Crippen molar-refractivity contribution in [2.75, 3.05) is 6.61 Å². The molecule has 0 unspecified atom stereocenters. The van der Waals surface area contributed by atoms with Crippen LogP contribution in [0.25, 0.3) is 0 Å². The molecule has 2 fully saturated rings. The van der Waals surface area contributed by atoms with Crippen LogP contribution in [0.4, 0.5) is 0 Å². The SMILES string of the molecule is C=C1CCC[C@@H]2[C@@](C)(CC3=C(O)C(=O)C=C(OCC)C3=O)[C@H](C)CC[C@@]12C. The minimum atomic E-state index is -0.532. The van der Waals surface area contributed by atoms with E-state index in [4.69, 9.17) is 4.74 Å². The van der Waals surface area contributed by atoms with Gasteiger partial charge in [-0.05, 0) is 68.1 Å². The molecule has 0 aliphatic heterocycles. The molecule has 0 spiro atoms. The molecule has 4 atom stereocenters. The first-order valence-corrected chi connectivity index (χ1v) is 10.2. The molecule has 3 rings (SSSR count). The number of carbonyl (C=O) groups is 2. The Morgan fingerprint density at radius 1 is 1.30 bits per heavy atom. The summed E-state index contributed by atoms with van der Waals surface area (Å²) in [5, 5.41) is 10.4. The Labute approximate surface area is 162 Å². The first-order valence-electron chi connectivity index (χ1n) is 10.2. The second kappa shape index (κ2) is 6.96. The molecule has 0 heterocycles. The fraction of sp³-hybridized carbons (Fsp3) is 0.652. The van der Waals surface area contributed by atoms with Crippen LogP contribution in [-0.4, -0.2) is 23.3 Å². The van der Waals surface area contributed by atoms with Gasteiger partial charge in [-0.25, -0.2) is 0 Å². The van der Waals surface area contributed by atoms with E-state index in [1.54, 1.807) is 6.92 Å². The van der Waals surface area contributed by atoms with Crippen LogP contribution < -0.4 is 0 Å². The average Bonchev–Trinajstić information content (AvgIpc) is 2.62. The molecule has 4 nitrogen and oxygen atoms in total. The third-order valence-corrected chi connectivity index (χ3v) is 7.70. The zero-order valence-corrected chi connectivity index (χ0v) is 17.1. The number of allylic oxidation sites excluding steroid dienone is 3. The molecule has 27 heavy (non-hydrogen) atoms. The van der Waals surface area contributed by atoms with Crippen molar-refractivity contribution in [2.24, 2.45) is 22.7 Å². The van der Waals surface area contributed by atoms with Crippen LogP contribution in [0, 0.1) is 22.7 Å². The molecule has 0 amide bonds. The number of Topliss-reactive ketones (excluding diaryl/α,β-unsaturated/α-hetero) is 1. The summed E-state index contributed by atoms with van der Waals surface area (Å²) in [6.45, 7) is 13.3. The Kier molecular flexibility index (Phi) is 5.13. The van der Waals surface area contributed by atoms with Gasteiger partial charge < -0.3 is 9.84 Å². The molecule has 4 heteroatoms. The summed E-state index contributed by atoms with van der Waals surface area (Å²) in [5.41, 5.74) is 1.43. The van der Waals surface area contributed by atoms with Crippen molar-refractivity contribution in [1.82, 2.24) is 0 Å². The van der Waals surface area contributed by atoms with E-state index in [9.17, 15) is 14.7 Å². The van der Waals surface area contributed by atoms with E-state index >= 15 is 0 Å². The minimum Gasteiger partial charge on any atom is -0.504 e. The largest absolute Gasteiger partial charge is 0.504 e. The highest BCUT2D eigenvalue weighted by atomic mass is 16.5. The average molecular weight is 373 g/mol. The van der Waals surface area contributed by atoms with Crippen molar-refractivity contribution in [1.29, 1.82) is 0 Å².